The van der Waals surface area contributed by atoms with E-state index in [1.165, 1.54) is 43.6 Å². The maximum Gasteiger partial charge on any atom is 0.237 e. The van der Waals surface area contributed by atoms with Gasteiger partial charge in [0.15, 0.2) is 0 Å². The molecule has 1 heterocycles. The summed E-state index contributed by atoms with van der Waals surface area (Å²) in [7, 11) is 3.74. The number of benzene rings is 1. The summed E-state index contributed by atoms with van der Waals surface area (Å²) in [6.45, 7) is 16.7. The number of allylic oxidation sites excluding steroid dienone is 1. The average molecular weight is 412 g/mol. The normalized spacial score (nSPS) is 16.6. The molecule has 1 saturated heterocycles. The molecule has 2 rings (SSSR count). The lowest BCUT2D eigenvalue weighted by atomic mass is 9.87. The van der Waals surface area contributed by atoms with Gasteiger partial charge in [-0.25, -0.2) is 0 Å². The van der Waals surface area contributed by atoms with Gasteiger partial charge in [-0.05, 0) is 74.3 Å². The summed E-state index contributed by atoms with van der Waals surface area (Å²) >= 11 is 0. The topological polar surface area (TPSA) is 35.6 Å². The smallest absolute Gasteiger partial charge is 0.237 e. The van der Waals surface area contributed by atoms with Gasteiger partial charge in [-0.3, -0.25) is 9.69 Å². The van der Waals surface area contributed by atoms with Gasteiger partial charge in [-0.1, -0.05) is 50.8 Å². The molecular weight excluding hydrogens is 370 g/mol. The Balaban J connectivity index is 2.13. The molecular formula is C26H41N3O. The van der Waals surface area contributed by atoms with Crippen LogP contribution in [0.3, 0.4) is 0 Å². The number of rotatable bonds is 11. The number of amides is 1. The highest BCUT2D eigenvalue weighted by Crippen LogP contribution is 2.30. The van der Waals surface area contributed by atoms with Crippen molar-refractivity contribution in [2.75, 3.05) is 33.7 Å². The van der Waals surface area contributed by atoms with E-state index in [1.807, 2.05) is 19.2 Å². The summed E-state index contributed by atoms with van der Waals surface area (Å²) in [6.07, 6.45) is 7.84. The van der Waals surface area contributed by atoms with Crippen molar-refractivity contribution in [2.24, 2.45) is 5.92 Å². The van der Waals surface area contributed by atoms with Crippen LogP contribution in [0.25, 0.3) is 6.08 Å². The van der Waals surface area contributed by atoms with Crippen LogP contribution in [0, 0.1) is 5.92 Å². The van der Waals surface area contributed by atoms with Gasteiger partial charge in [0.25, 0.3) is 0 Å². The minimum atomic E-state index is -0.159. The fourth-order valence-electron chi connectivity index (χ4n) is 4.55. The van der Waals surface area contributed by atoms with Crippen LogP contribution in [0.4, 0.5) is 0 Å². The Morgan fingerprint density at radius 1 is 1.30 bits per heavy atom. The second-order valence-electron chi connectivity index (χ2n) is 9.04. The minimum absolute atomic E-state index is 0.0631. The molecule has 1 amide bonds. The number of hydrogen-bond donors (Lipinski definition) is 1. The van der Waals surface area contributed by atoms with Crippen molar-refractivity contribution in [3.63, 3.8) is 0 Å². The molecule has 0 saturated carbocycles. The summed E-state index contributed by atoms with van der Waals surface area (Å²) in [5, 5.41) is 2.81. The third kappa shape index (κ3) is 6.82. The zero-order valence-corrected chi connectivity index (χ0v) is 19.5. The predicted molar refractivity (Wildman–Crippen MR) is 129 cm³/mol. The Morgan fingerprint density at radius 2 is 2.00 bits per heavy atom. The van der Waals surface area contributed by atoms with E-state index in [4.69, 9.17) is 0 Å². The van der Waals surface area contributed by atoms with Crippen molar-refractivity contribution in [1.29, 1.82) is 0 Å². The SMILES string of the molecule is C=CCCC(C(=O)NC)N(C)Cc1cc(C2CCN(CC(C)C)CC2)ccc1C=C. The average Bonchev–Trinajstić information content (AvgIpc) is 2.73. The molecule has 1 atom stereocenters. The van der Waals surface area contributed by atoms with Crippen molar-refractivity contribution in [3.05, 3.63) is 54.1 Å². The van der Waals surface area contributed by atoms with Crippen LogP contribution in [0.2, 0.25) is 0 Å². The number of nitrogens with one attached hydrogen (secondary N) is 1. The maximum absolute atomic E-state index is 12.4. The van der Waals surface area contributed by atoms with Crippen LogP contribution in [0.5, 0.6) is 0 Å². The molecule has 0 aliphatic carbocycles. The van der Waals surface area contributed by atoms with Crippen molar-refractivity contribution >= 4 is 12.0 Å². The first-order chi connectivity index (χ1) is 14.4. The van der Waals surface area contributed by atoms with E-state index in [-0.39, 0.29) is 11.9 Å². The van der Waals surface area contributed by atoms with Gasteiger partial charge in [-0.15, -0.1) is 6.58 Å². The molecule has 1 N–H and O–H groups in total. The molecule has 30 heavy (non-hydrogen) atoms. The van der Waals surface area contributed by atoms with Crippen LogP contribution < -0.4 is 5.32 Å². The standard InChI is InChI=1S/C26H41N3O/c1-7-9-10-25(26(30)27-5)28(6)19-24-17-23(12-11-21(24)8-2)22-13-15-29(16-14-22)18-20(3)4/h7-8,11-12,17,20,22,25H,1-2,9-10,13-16,18-19H2,3-6H3,(H,27,30). The number of hydrogen-bond acceptors (Lipinski definition) is 3. The molecule has 166 valence electrons. The van der Waals surface area contributed by atoms with Gasteiger partial charge in [0.1, 0.15) is 0 Å². The number of likely N-dealkylation sites (N-methyl/N-ethyl adjacent to an activating group) is 2. The zero-order valence-electron chi connectivity index (χ0n) is 19.5. The lowest BCUT2D eigenvalue weighted by molar-refractivity contribution is -0.125. The molecule has 0 radical (unpaired) electrons. The number of carbonyl (C=O) groups is 1. The van der Waals surface area contributed by atoms with Crippen LogP contribution in [0.15, 0.2) is 37.4 Å². The molecule has 0 spiro atoms. The van der Waals surface area contributed by atoms with Gasteiger partial charge in [0.2, 0.25) is 5.91 Å². The fourth-order valence-corrected chi connectivity index (χ4v) is 4.55. The number of carbonyl (C=O) groups excluding carboxylic acids is 1. The highest BCUT2D eigenvalue weighted by Gasteiger charge is 2.24. The Kier molecular flexibility index (Phi) is 9.80. The molecule has 1 aromatic carbocycles. The number of piperidine rings is 1. The third-order valence-electron chi connectivity index (χ3n) is 6.21. The molecule has 0 bridgehead atoms. The Morgan fingerprint density at radius 3 is 2.57 bits per heavy atom. The van der Waals surface area contributed by atoms with Crippen molar-refractivity contribution < 1.29 is 4.79 Å². The van der Waals surface area contributed by atoms with Gasteiger partial charge >= 0.3 is 0 Å². The van der Waals surface area contributed by atoms with Crippen molar-refractivity contribution in [1.82, 2.24) is 15.1 Å². The Labute approximate surface area is 184 Å². The van der Waals surface area contributed by atoms with Crippen LogP contribution in [0.1, 0.15) is 62.1 Å². The van der Waals surface area contributed by atoms with Crippen LogP contribution >= 0.6 is 0 Å². The molecule has 1 aromatic rings. The summed E-state index contributed by atoms with van der Waals surface area (Å²) < 4.78 is 0. The van der Waals surface area contributed by atoms with E-state index >= 15 is 0 Å². The second kappa shape index (κ2) is 12.1. The lowest BCUT2D eigenvalue weighted by Gasteiger charge is -2.33. The Bertz CT molecular complexity index is 704. The predicted octanol–water partition coefficient (Wildman–Crippen LogP) is 4.68. The maximum atomic E-state index is 12.4. The first kappa shape index (κ1) is 24.4. The zero-order chi connectivity index (χ0) is 22.1. The summed E-state index contributed by atoms with van der Waals surface area (Å²) in [5.41, 5.74) is 3.83. The summed E-state index contributed by atoms with van der Waals surface area (Å²) in [4.78, 5) is 17.2. The van der Waals surface area contributed by atoms with Crippen molar-refractivity contribution in [3.8, 4) is 0 Å². The third-order valence-corrected chi connectivity index (χ3v) is 6.21. The highest BCUT2D eigenvalue weighted by molar-refractivity contribution is 5.81. The summed E-state index contributed by atoms with van der Waals surface area (Å²) in [6, 6.07) is 6.67. The number of likely N-dealkylation sites (tertiary alicyclic amines) is 1. The molecule has 1 unspecified atom stereocenters. The largest absolute Gasteiger partial charge is 0.358 e. The Hall–Kier alpha value is -1.91. The summed E-state index contributed by atoms with van der Waals surface area (Å²) in [5.74, 6) is 1.41. The van der Waals surface area contributed by atoms with Crippen molar-refractivity contribution in [2.45, 2.75) is 58.0 Å². The molecule has 1 aliphatic heterocycles. The lowest BCUT2D eigenvalue weighted by Crippen LogP contribution is -2.43. The van der Waals surface area contributed by atoms with Crippen LogP contribution in [-0.4, -0.2) is 55.5 Å². The van der Waals surface area contributed by atoms with E-state index in [1.54, 1.807) is 7.05 Å². The van der Waals surface area contributed by atoms with Gasteiger partial charge in [0.05, 0.1) is 6.04 Å². The second-order valence-corrected chi connectivity index (χ2v) is 9.04. The van der Waals surface area contributed by atoms with Gasteiger partial charge in [0, 0.05) is 20.1 Å². The highest BCUT2D eigenvalue weighted by atomic mass is 16.2. The minimum Gasteiger partial charge on any atom is -0.358 e. The molecule has 4 heteroatoms. The van der Waals surface area contributed by atoms with Gasteiger partial charge < -0.3 is 10.2 Å². The van der Waals surface area contributed by atoms with E-state index in [2.05, 4.69) is 60.3 Å². The molecule has 0 aromatic heterocycles. The monoisotopic (exact) mass is 411 g/mol. The first-order valence-corrected chi connectivity index (χ1v) is 11.4. The van der Waals surface area contributed by atoms with E-state index < -0.39 is 0 Å². The fraction of sp³-hybridized carbons (Fsp3) is 0.577. The van der Waals surface area contributed by atoms with E-state index in [0.717, 1.165) is 30.9 Å². The number of nitrogens with zero attached hydrogens (tertiary/aromatic N) is 2. The molecule has 1 fully saturated rings. The molecule has 4 nitrogen and oxygen atoms in total. The van der Waals surface area contributed by atoms with Gasteiger partial charge in [-0.2, -0.15) is 0 Å². The first-order valence-electron chi connectivity index (χ1n) is 11.4. The van der Waals surface area contributed by atoms with E-state index in [9.17, 15) is 4.79 Å². The van der Waals surface area contributed by atoms with E-state index in [0.29, 0.717) is 5.92 Å². The molecule has 1 aliphatic rings. The van der Waals surface area contributed by atoms with Crippen LogP contribution in [-0.2, 0) is 11.3 Å². The quantitative estimate of drug-likeness (QED) is 0.537.